The van der Waals surface area contributed by atoms with Crippen LogP contribution in [0.3, 0.4) is 0 Å². The normalized spacial score (nSPS) is 11.6. The van der Waals surface area contributed by atoms with Gasteiger partial charge < -0.3 is 9.88 Å². The van der Waals surface area contributed by atoms with E-state index >= 15 is 0 Å². The van der Waals surface area contributed by atoms with E-state index in [-0.39, 0.29) is 11.5 Å². The molecule has 0 unspecified atom stereocenters. The van der Waals surface area contributed by atoms with E-state index in [0.29, 0.717) is 12.4 Å². The fourth-order valence-corrected chi connectivity index (χ4v) is 1.61. The van der Waals surface area contributed by atoms with Gasteiger partial charge in [-0.1, -0.05) is 0 Å². The van der Waals surface area contributed by atoms with Crippen LogP contribution < -0.4 is 5.32 Å². The van der Waals surface area contributed by atoms with E-state index in [9.17, 15) is 13.2 Å². The second-order valence-electron chi connectivity index (χ2n) is 3.75. The maximum atomic E-state index is 12.7. The average molecular weight is 271 g/mol. The molecule has 1 N–H and O–H groups in total. The van der Waals surface area contributed by atoms with Gasteiger partial charge in [0.1, 0.15) is 11.5 Å². The molecule has 0 saturated carbocycles. The van der Waals surface area contributed by atoms with Crippen LogP contribution in [0.2, 0.25) is 0 Å². The lowest BCUT2D eigenvalue weighted by molar-refractivity contribution is -0.144. The van der Waals surface area contributed by atoms with Crippen LogP contribution in [-0.2, 0) is 12.7 Å². The predicted octanol–water partition coefficient (Wildman–Crippen LogP) is 2.42. The number of aromatic nitrogens is 4. The number of hydrogen-bond donors (Lipinski definition) is 1. The minimum Gasteiger partial charge on any atom is -0.373 e. The Bertz CT molecular complexity index is 576. The Morgan fingerprint density at radius 3 is 2.63 bits per heavy atom. The fraction of sp³-hybridized carbons (Fsp3) is 0.364. The summed E-state index contributed by atoms with van der Waals surface area (Å²) in [5, 5.41) is 2.59. The molecule has 0 atom stereocenters. The van der Waals surface area contributed by atoms with Crippen LogP contribution in [0.5, 0.6) is 0 Å². The summed E-state index contributed by atoms with van der Waals surface area (Å²) in [5.41, 5.74) is 0.138. The Morgan fingerprint density at radius 2 is 2.05 bits per heavy atom. The topological polar surface area (TPSA) is 55.6 Å². The highest BCUT2D eigenvalue weighted by atomic mass is 19.4. The van der Waals surface area contributed by atoms with Crippen LogP contribution in [0.25, 0.3) is 11.5 Å². The monoisotopic (exact) mass is 271 g/mol. The molecular formula is C11H12F3N5. The first kappa shape index (κ1) is 13.3. The van der Waals surface area contributed by atoms with E-state index in [4.69, 9.17) is 0 Å². The maximum absolute atomic E-state index is 12.7. The smallest absolute Gasteiger partial charge is 0.373 e. The quantitative estimate of drug-likeness (QED) is 0.931. The van der Waals surface area contributed by atoms with E-state index in [1.807, 2.05) is 6.92 Å². The highest BCUT2D eigenvalue weighted by Gasteiger charge is 2.35. The van der Waals surface area contributed by atoms with Crippen molar-refractivity contribution in [3.05, 3.63) is 24.3 Å². The summed E-state index contributed by atoms with van der Waals surface area (Å²) in [6.07, 6.45) is -1.39. The average Bonchev–Trinajstić information content (AvgIpc) is 2.85. The molecule has 0 aliphatic carbocycles. The minimum atomic E-state index is -4.59. The molecule has 102 valence electrons. The number of alkyl halides is 3. The van der Waals surface area contributed by atoms with Crippen molar-refractivity contribution in [2.75, 3.05) is 12.4 Å². The first-order valence-electron chi connectivity index (χ1n) is 5.61. The molecule has 0 aromatic carbocycles. The molecule has 19 heavy (non-hydrogen) atoms. The molecule has 2 heterocycles. The maximum Gasteiger partial charge on any atom is 0.451 e. The van der Waals surface area contributed by atoms with Crippen molar-refractivity contribution >= 4 is 5.82 Å². The number of nitrogens with one attached hydrogen (secondary N) is 1. The summed E-state index contributed by atoms with van der Waals surface area (Å²) in [7, 11) is 1.50. The zero-order valence-electron chi connectivity index (χ0n) is 10.4. The number of nitrogens with zero attached hydrogens (tertiary/aromatic N) is 4. The van der Waals surface area contributed by atoms with Crippen LogP contribution in [0.4, 0.5) is 19.0 Å². The number of aryl methyl sites for hydroxylation is 1. The van der Waals surface area contributed by atoms with Crippen molar-refractivity contribution in [1.29, 1.82) is 0 Å². The zero-order valence-corrected chi connectivity index (χ0v) is 10.4. The highest BCUT2D eigenvalue weighted by molar-refractivity contribution is 5.55. The molecule has 0 aliphatic rings. The lowest BCUT2D eigenvalue weighted by Gasteiger charge is -2.10. The van der Waals surface area contributed by atoms with Crippen LogP contribution in [0.1, 0.15) is 12.7 Å². The molecule has 0 bridgehead atoms. The van der Waals surface area contributed by atoms with Gasteiger partial charge in [-0.15, -0.1) is 0 Å². The number of imidazole rings is 1. The largest absolute Gasteiger partial charge is 0.451 e. The van der Waals surface area contributed by atoms with Crippen LogP contribution in [0, 0.1) is 0 Å². The molecule has 0 radical (unpaired) electrons. The Labute approximate surface area is 107 Å². The molecule has 0 fully saturated rings. The molecule has 0 aliphatic heterocycles. The molecule has 0 amide bonds. The van der Waals surface area contributed by atoms with Crippen molar-refractivity contribution in [3.63, 3.8) is 0 Å². The van der Waals surface area contributed by atoms with Crippen LogP contribution in [0.15, 0.2) is 18.5 Å². The summed E-state index contributed by atoms with van der Waals surface area (Å²) in [6, 6.07) is 1.43. The van der Waals surface area contributed by atoms with E-state index in [0.717, 1.165) is 0 Å². The summed E-state index contributed by atoms with van der Waals surface area (Å²) in [5.74, 6) is -0.699. The zero-order chi connectivity index (χ0) is 14.0. The molecule has 2 aromatic heterocycles. The molecule has 0 spiro atoms. The van der Waals surface area contributed by atoms with Gasteiger partial charge in [-0.2, -0.15) is 13.2 Å². The van der Waals surface area contributed by atoms with Crippen LogP contribution >= 0.6 is 0 Å². The van der Waals surface area contributed by atoms with Gasteiger partial charge >= 0.3 is 6.18 Å². The van der Waals surface area contributed by atoms with Crippen molar-refractivity contribution in [2.24, 2.45) is 0 Å². The summed E-state index contributed by atoms with van der Waals surface area (Å²) >= 11 is 0. The third kappa shape index (κ3) is 2.67. The molecule has 0 saturated heterocycles. The second kappa shape index (κ2) is 4.87. The van der Waals surface area contributed by atoms with Gasteiger partial charge in [-0.05, 0) is 6.92 Å². The first-order valence-corrected chi connectivity index (χ1v) is 5.61. The summed E-state index contributed by atoms with van der Waals surface area (Å²) in [6.45, 7) is 2.46. The molecule has 8 heteroatoms. The molecular weight excluding hydrogens is 259 g/mol. The Kier molecular flexibility index (Phi) is 3.41. The number of anilines is 1. The van der Waals surface area contributed by atoms with Crippen molar-refractivity contribution in [2.45, 2.75) is 19.6 Å². The number of halogens is 3. The van der Waals surface area contributed by atoms with Gasteiger partial charge in [0.25, 0.3) is 0 Å². The van der Waals surface area contributed by atoms with E-state index in [2.05, 4.69) is 20.3 Å². The SMILES string of the molecule is CCn1ccnc1-c1cc(NC)nc(C(F)(F)F)n1. The Hall–Kier alpha value is -2.12. The Morgan fingerprint density at radius 1 is 1.32 bits per heavy atom. The van der Waals surface area contributed by atoms with Gasteiger partial charge in [0.2, 0.25) is 5.82 Å². The van der Waals surface area contributed by atoms with Crippen molar-refractivity contribution < 1.29 is 13.2 Å². The predicted molar refractivity (Wildman–Crippen MR) is 63.5 cm³/mol. The Balaban J connectivity index is 2.57. The third-order valence-corrected chi connectivity index (χ3v) is 2.52. The fourth-order valence-electron chi connectivity index (χ4n) is 1.61. The minimum absolute atomic E-state index is 0.1000. The molecule has 2 aromatic rings. The molecule has 2 rings (SSSR count). The van der Waals surface area contributed by atoms with Gasteiger partial charge in [0.15, 0.2) is 5.82 Å². The van der Waals surface area contributed by atoms with Crippen molar-refractivity contribution in [1.82, 2.24) is 19.5 Å². The van der Waals surface area contributed by atoms with E-state index in [1.165, 1.54) is 19.3 Å². The standard InChI is InChI=1S/C11H12F3N5/c1-3-19-5-4-16-9(19)7-6-8(15-2)18-10(17-7)11(12,13)14/h4-6H,3H2,1-2H3,(H,15,17,18). The number of hydrogen-bond acceptors (Lipinski definition) is 4. The summed E-state index contributed by atoms with van der Waals surface area (Å²) < 4.78 is 39.9. The first-order chi connectivity index (χ1) is 8.95. The van der Waals surface area contributed by atoms with E-state index in [1.54, 1.807) is 10.8 Å². The molecule has 5 nitrogen and oxygen atoms in total. The highest BCUT2D eigenvalue weighted by Crippen LogP contribution is 2.29. The van der Waals surface area contributed by atoms with Gasteiger partial charge in [-0.3, -0.25) is 0 Å². The van der Waals surface area contributed by atoms with Gasteiger partial charge in [0.05, 0.1) is 0 Å². The lowest BCUT2D eigenvalue weighted by atomic mass is 10.3. The lowest BCUT2D eigenvalue weighted by Crippen LogP contribution is -2.13. The third-order valence-electron chi connectivity index (χ3n) is 2.52. The van der Waals surface area contributed by atoms with Gasteiger partial charge in [-0.25, -0.2) is 15.0 Å². The summed E-state index contributed by atoms with van der Waals surface area (Å²) in [4.78, 5) is 11.0. The number of rotatable bonds is 3. The van der Waals surface area contributed by atoms with Crippen molar-refractivity contribution in [3.8, 4) is 11.5 Å². The second-order valence-corrected chi connectivity index (χ2v) is 3.75. The van der Waals surface area contributed by atoms with E-state index < -0.39 is 12.0 Å². The van der Waals surface area contributed by atoms with Gasteiger partial charge in [0, 0.05) is 32.1 Å². The van der Waals surface area contributed by atoms with Crippen LogP contribution in [-0.4, -0.2) is 26.6 Å².